The van der Waals surface area contributed by atoms with E-state index in [1.807, 2.05) is 13.8 Å². The van der Waals surface area contributed by atoms with Crippen LogP contribution in [0.2, 0.25) is 0 Å². The zero-order chi connectivity index (χ0) is 16.2. The number of thiocarbonyl (C=S) groups is 1. The standard InChI is InChI=1S/C14H17F3N2OS/c1-9(2)19(8-12(18)21)13(20)7-10-3-5-11(6-4-10)14(15,16)17/h3-6,9H,7-8H2,1-2H3,(H2,18,21). The highest BCUT2D eigenvalue weighted by atomic mass is 32.1. The van der Waals surface area contributed by atoms with Crippen molar-refractivity contribution < 1.29 is 18.0 Å². The van der Waals surface area contributed by atoms with Gasteiger partial charge in [-0.05, 0) is 31.5 Å². The van der Waals surface area contributed by atoms with Gasteiger partial charge >= 0.3 is 6.18 Å². The molecular formula is C14H17F3N2OS. The predicted molar refractivity (Wildman–Crippen MR) is 78.8 cm³/mol. The number of nitrogens with zero attached hydrogens (tertiary/aromatic N) is 1. The van der Waals surface area contributed by atoms with Gasteiger partial charge in [0.1, 0.15) is 0 Å². The summed E-state index contributed by atoms with van der Waals surface area (Å²) in [5.41, 5.74) is 5.22. The van der Waals surface area contributed by atoms with Gasteiger partial charge in [-0.2, -0.15) is 13.2 Å². The molecule has 3 nitrogen and oxygen atoms in total. The van der Waals surface area contributed by atoms with Crippen molar-refractivity contribution in [3.05, 3.63) is 35.4 Å². The number of hydrogen-bond acceptors (Lipinski definition) is 2. The summed E-state index contributed by atoms with van der Waals surface area (Å²) in [6, 6.07) is 4.46. The number of benzene rings is 1. The first kappa shape index (κ1) is 17.4. The second-order valence-corrected chi connectivity index (χ2v) is 5.48. The lowest BCUT2D eigenvalue weighted by molar-refractivity contribution is -0.137. The minimum absolute atomic E-state index is 0.0128. The molecule has 116 valence electrons. The first-order valence-corrected chi connectivity index (χ1v) is 6.76. The van der Waals surface area contributed by atoms with Gasteiger partial charge in [0.2, 0.25) is 5.91 Å². The van der Waals surface area contributed by atoms with E-state index in [-0.39, 0.29) is 29.9 Å². The van der Waals surface area contributed by atoms with E-state index in [9.17, 15) is 18.0 Å². The van der Waals surface area contributed by atoms with Crippen LogP contribution >= 0.6 is 12.2 Å². The van der Waals surface area contributed by atoms with Gasteiger partial charge < -0.3 is 10.6 Å². The average molecular weight is 318 g/mol. The van der Waals surface area contributed by atoms with Gasteiger partial charge in [-0.15, -0.1) is 0 Å². The van der Waals surface area contributed by atoms with Gasteiger partial charge in [-0.25, -0.2) is 0 Å². The van der Waals surface area contributed by atoms with Gasteiger partial charge in [0, 0.05) is 6.04 Å². The van der Waals surface area contributed by atoms with Crippen LogP contribution < -0.4 is 5.73 Å². The summed E-state index contributed by atoms with van der Waals surface area (Å²) in [5.74, 6) is -0.224. The van der Waals surface area contributed by atoms with E-state index < -0.39 is 11.7 Å². The van der Waals surface area contributed by atoms with Gasteiger partial charge in [0.25, 0.3) is 0 Å². The van der Waals surface area contributed by atoms with Gasteiger partial charge in [-0.3, -0.25) is 4.79 Å². The van der Waals surface area contributed by atoms with E-state index in [0.29, 0.717) is 5.56 Å². The average Bonchev–Trinajstić information content (AvgIpc) is 2.34. The fourth-order valence-corrected chi connectivity index (χ4v) is 1.95. The summed E-state index contributed by atoms with van der Waals surface area (Å²) in [5, 5.41) is 0. The number of amides is 1. The second kappa shape index (κ2) is 6.89. The van der Waals surface area contributed by atoms with Crippen molar-refractivity contribution in [2.75, 3.05) is 6.54 Å². The zero-order valence-corrected chi connectivity index (χ0v) is 12.6. The number of carbonyl (C=O) groups excluding carboxylic acids is 1. The topological polar surface area (TPSA) is 46.3 Å². The van der Waals surface area contributed by atoms with Crippen molar-refractivity contribution in [1.82, 2.24) is 4.90 Å². The minimum atomic E-state index is -4.38. The maximum absolute atomic E-state index is 12.5. The van der Waals surface area contributed by atoms with E-state index in [1.54, 1.807) is 0 Å². The van der Waals surface area contributed by atoms with Crippen molar-refractivity contribution in [1.29, 1.82) is 0 Å². The molecule has 1 aromatic rings. The van der Waals surface area contributed by atoms with E-state index in [0.717, 1.165) is 12.1 Å². The first-order valence-electron chi connectivity index (χ1n) is 6.35. The lowest BCUT2D eigenvalue weighted by Crippen LogP contribution is -2.42. The Bertz CT molecular complexity index is 512. The quantitative estimate of drug-likeness (QED) is 0.849. The van der Waals surface area contributed by atoms with Crippen LogP contribution in [0.15, 0.2) is 24.3 Å². The molecule has 0 spiro atoms. The molecule has 0 aliphatic carbocycles. The lowest BCUT2D eigenvalue weighted by atomic mass is 10.1. The molecule has 0 atom stereocenters. The fraction of sp³-hybridized carbons (Fsp3) is 0.429. The van der Waals surface area contributed by atoms with E-state index >= 15 is 0 Å². The van der Waals surface area contributed by atoms with Crippen molar-refractivity contribution in [3.8, 4) is 0 Å². The molecule has 0 aromatic heterocycles. The Kier molecular flexibility index (Phi) is 5.71. The van der Waals surface area contributed by atoms with Crippen LogP contribution in [-0.2, 0) is 17.4 Å². The third-order valence-corrected chi connectivity index (χ3v) is 3.04. The van der Waals surface area contributed by atoms with Crippen molar-refractivity contribution in [3.63, 3.8) is 0 Å². The van der Waals surface area contributed by atoms with Crippen molar-refractivity contribution >= 4 is 23.1 Å². The molecule has 2 N–H and O–H groups in total. The molecule has 1 amide bonds. The molecule has 0 bridgehead atoms. The van der Waals surface area contributed by atoms with Crippen molar-refractivity contribution in [2.45, 2.75) is 32.5 Å². The highest BCUT2D eigenvalue weighted by Gasteiger charge is 2.30. The Hall–Kier alpha value is -1.63. The van der Waals surface area contributed by atoms with E-state index in [1.165, 1.54) is 17.0 Å². The Morgan fingerprint density at radius 3 is 2.19 bits per heavy atom. The maximum atomic E-state index is 12.5. The first-order chi connectivity index (χ1) is 9.61. The number of alkyl halides is 3. The molecule has 0 saturated heterocycles. The highest BCUT2D eigenvalue weighted by molar-refractivity contribution is 7.80. The Labute approximate surface area is 126 Å². The summed E-state index contributed by atoms with van der Waals surface area (Å²) in [4.78, 5) is 13.9. The van der Waals surface area contributed by atoms with Gasteiger partial charge in [0.15, 0.2) is 0 Å². The van der Waals surface area contributed by atoms with Gasteiger partial charge in [-0.1, -0.05) is 24.4 Å². The fourth-order valence-electron chi connectivity index (χ4n) is 1.81. The summed E-state index contributed by atoms with van der Waals surface area (Å²) in [7, 11) is 0. The van der Waals surface area contributed by atoms with E-state index in [2.05, 4.69) is 0 Å². The van der Waals surface area contributed by atoms with Crippen molar-refractivity contribution in [2.24, 2.45) is 5.73 Å². The molecule has 1 aromatic carbocycles. The van der Waals surface area contributed by atoms with Crippen LogP contribution in [0.5, 0.6) is 0 Å². The van der Waals surface area contributed by atoms with E-state index in [4.69, 9.17) is 18.0 Å². The summed E-state index contributed by atoms with van der Waals surface area (Å²) in [6.45, 7) is 3.80. The summed E-state index contributed by atoms with van der Waals surface area (Å²) in [6.07, 6.45) is -4.36. The Morgan fingerprint density at radius 1 is 1.29 bits per heavy atom. The third-order valence-electron chi connectivity index (χ3n) is 2.91. The van der Waals surface area contributed by atoms with Gasteiger partial charge in [0.05, 0.1) is 23.5 Å². The lowest BCUT2D eigenvalue weighted by Gasteiger charge is -2.26. The maximum Gasteiger partial charge on any atom is 0.416 e. The number of hydrogen-bond donors (Lipinski definition) is 1. The largest absolute Gasteiger partial charge is 0.416 e. The zero-order valence-electron chi connectivity index (χ0n) is 11.8. The highest BCUT2D eigenvalue weighted by Crippen LogP contribution is 2.29. The molecule has 0 heterocycles. The number of halogens is 3. The molecule has 7 heteroatoms. The second-order valence-electron chi connectivity index (χ2n) is 4.95. The molecule has 0 unspecified atom stereocenters. The molecule has 0 saturated carbocycles. The number of nitrogens with two attached hydrogens (primary N) is 1. The molecular weight excluding hydrogens is 301 g/mol. The smallest absolute Gasteiger partial charge is 0.392 e. The SMILES string of the molecule is CC(C)N(CC(N)=S)C(=O)Cc1ccc(C(F)(F)F)cc1. The van der Waals surface area contributed by atoms with Crippen LogP contribution in [0.4, 0.5) is 13.2 Å². The number of rotatable bonds is 5. The molecule has 0 radical (unpaired) electrons. The van der Waals surface area contributed by atoms with Crippen LogP contribution in [0.25, 0.3) is 0 Å². The summed E-state index contributed by atoms with van der Waals surface area (Å²) < 4.78 is 37.4. The molecule has 21 heavy (non-hydrogen) atoms. The number of carbonyl (C=O) groups is 1. The van der Waals surface area contributed by atoms with Crippen LogP contribution in [0, 0.1) is 0 Å². The Morgan fingerprint density at radius 2 is 1.81 bits per heavy atom. The monoisotopic (exact) mass is 318 g/mol. The third kappa shape index (κ3) is 5.34. The molecule has 0 fully saturated rings. The normalized spacial score (nSPS) is 11.5. The molecule has 1 rings (SSSR count). The van der Waals surface area contributed by atoms with Crippen LogP contribution in [0.1, 0.15) is 25.0 Å². The predicted octanol–water partition coefficient (Wildman–Crippen LogP) is 2.77. The Balaban J connectivity index is 2.79. The molecule has 0 aliphatic rings. The van der Waals surface area contributed by atoms with Crippen LogP contribution in [0.3, 0.4) is 0 Å². The molecule has 0 aliphatic heterocycles. The minimum Gasteiger partial charge on any atom is -0.392 e. The summed E-state index contributed by atoms with van der Waals surface area (Å²) >= 11 is 4.79. The van der Waals surface area contributed by atoms with Crippen LogP contribution in [-0.4, -0.2) is 28.4 Å².